The second-order valence-electron chi connectivity index (χ2n) is 4.91. The van der Waals surface area contributed by atoms with Gasteiger partial charge in [0.1, 0.15) is 0 Å². The average Bonchev–Trinajstić information content (AvgIpc) is 2.80. The normalized spacial score (nSPS) is 24.8. The molecular weight excluding hydrogens is 238 g/mol. The number of nitrogens with one attached hydrogen (secondary N) is 1. The number of ether oxygens (including phenoxy) is 1. The van der Waals surface area contributed by atoms with Crippen LogP contribution in [0.25, 0.3) is 0 Å². The van der Waals surface area contributed by atoms with E-state index in [-0.39, 0.29) is 16.6 Å². The van der Waals surface area contributed by atoms with Crippen LogP contribution in [0.15, 0.2) is 0 Å². The zero-order valence-electron chi connectivity index (χ0n) is 11.1. The lowest BCUT2D eigenvalue weighted by atomic mass is 10.2. The molecule has 1 aliphatic rings. The Morgan fingerprint density at radius 1 is 1.35 bits per heavy atom. The van der Waals surface area contributed by atoms with Crippen molar-refractivity contribution in [3.63, 3.8) is 0 Å². The van der Waals surface area contributed by atoms with Gasteiger partial charge in [0.05, 0.1) is 16.6 Å². The van der Waals surface area contributed by atoms with Crippen LogP contribution < -0.4 is 5.32 Å². The standard InChI is InChI=1S/C12H25NO3S/c1-4-10(2)17(14,15)11(3)8-13-9-12-6-5-7-16-12/h10-13H,4-9H2,1-3H3. The Morgan fingerprint density at radius 3 is 2.59 bits per heavy atom. The Hall–Kier alpha value is -0.130. The highest BCUT2D eigenvalue weighted by Gasteiger charge is 2.26. The molecule has 0 bridgehead atoms. The van der Waals surface area contributed by atoms with E-state index in [4.69, 9.17) is 4.74 Å². The number of sulfone groups is 1. The third kappa shape index (κ3) is 4.23. The first kappa shape index (κ1) is 14.9. The van der Waals surface area contributed by atoms with E-state index in [2.05, 4.69) is 5.32 Å². The van der Waals surface area contributed by atoms with Crippen LogP contribution in [0.4, 0.5) is 0 Å². The van der Waals surface area contributed by atoms with E-state index in [1.54, 1.807) is 13.8 Å². The molecule has 0 amide bonds. The second kappa shape index (κ2) is 6.71. The van der Waals surface area contributed by atoms with E-state index >= 15 is 0 Å². The maximum atomic E-state index is 12.0. The summed E-state index contributed by atoms with van der Waals surface area (Å²) >= 11 is 0. The molecule has 0 aromatic rings. The summed E-state index contributed by atoms with van der Waals surface area (Å²) in [7, 11) is -2.99. The SMILES string of the molecule is CCC(C)S(=O)(=O)C(C)CNCC1CCCO1. The van der Waals surface area contributed by atoms with E-state index in [9.17, 15) is 8.42 Å². The smallest absolute Gasteiger partial charge is 0.156 e. The molecule has 0 aromatic heterocycles. The summed E-state index contributed by atoms with van der Waals surface area (Å²) in [5, 5.41) is 2.64. The molecule has 1 saturated heterocycles. The molecule has 4 nitrogen and oxygen atoms in total. The molecular formula is C12H25NO3S. The minimum absolute atomic E-state index is 0.248. The van der Waals surface area contributed by atoms with E-state index in [1.165, 1.54) is 0 Å². The molecule has 3 atom stereocenters. The van der Waals surface area contributed by atoms with Crippen molar-refractivity contribution in [3.05, 3.63) is 0 Å². The fraction of sp³-hybridized carbons (Fsp3) is 1.00. The largest absolute Gasteiger partial charge is 0.377 e. The summed E-state index contributed by atoms with van der Waals surface area (Å²) in [5.74, 6) is 0. The maximum absolute atomic E-state index is 12.0. The van der Waals surface area contributed by atoms with Gasteiger partial charge < -0.3 is 10.1 Å². The van der Waals surface area contributed by atoms with Crippen LogP contribution in [0.5, 0.6) is 0 Å². The quantitative estimate of drug-likeness (QED) is 0.753. The summed E-state index contributed by atoms with van der Waals surface area (Å²) in [6.07, 6.45) is 3.15. The number of hydrogen-bond acceptors (Lipinski definition) is 4. The van der Waals surface area contributed by atoms with Gasteiger partial charge in [-0.05, 0) is 33.1 Å². The van der Waals surface area contributed by atoms with Gasteiger partial charge in [0, 0.05) is 19.7 Å². The molecule has 5 heteroatoms. The highest BCUT2D eigenvalue weighted by molar-refractivity contribution is 7.92. The highest BCUT2D eigenvalue weighted by atomic mass is 32.2. The summed E-state index contributed by atoms with van der Waals surface area (Å²) in [5.41, 5.74) is 0. The summed E-state index contributed by atoms with van der Waals surface area (Å²) in [6.45, 7) is 7.60. The predicted octanol–water partition coefficient (Wildman–Crippen LogP) is 1.36. The zero-order chi connectivity index (χ0) is 12.9. The molecule has 1 aliphatic heterocycles. The Bertz CT molecular complexity index is 310. The van der Waals surface area contributed by atoms with Crippen LogP contribution in [0.2, 0.25) is 0 Å². The molecule has 1 fully saturated rings. The van der Waals surface area contributed by atoms with E-state index in [1.807, 2.05) is 6.92 Å². The van der Waals surface area contributed by atoms with Crippen molar-refractivity contribution in [3.8, 4) is 0 Å². The van der Waals surface area contributed by atoms with Crippen molar-refractivity contribution >= 4 is 9.84 Å². The van der Waals surface area contributed by atoms with E-state index in [0.717, 1.165) is 26.0 Å². The summed E-state index contributed by atoms with van der Waals surface area (Å²) in [6, 6.07) is 0. The van der Waals surface area contributed by atoms with Crippen molar-refractivity contribution in [2.24, 2.45) is 0 Å². The molecule has 102 valence electrons. The Morgan fingerprint density at radius 2 is 2.06 bits per heavy atom. The molecule has 1 rings (SSSR count). The second-order valence-corrected chi connectivity index (χ2v) is 7.70. The fourth-order valence-electron chi connectivity index (χ4n) is 2.00. The maximum Gasteiger partial charge on any atom is 0.156 e. The third-order valence-corrected chi connectivity index (χ3v) is 6.27. The average molecular weight is 263 g/mol. The van der Waals surface area contributed by atoms with Crippen LogP contribution in [0, 0.1) is 0 Å². The monoisotopic (exact) mass is 263 g/mol. The molecule has 0 aromatic carbocycles. The first-order valence-electron chi connectivity index (χ1n) is 6.53. The van der Waals surface area contributed by atoms with Gasteiger partial charge >= 0.3 is 0 Å². The Balaban J connectivity index is 2.30. The van der Waals surface area contributed by atoms with Crippen molar-refractivity contribution in [2.45, 2.75) is 56.6 Å². The van der Waals surface area contributed by atoms with E-state index in [0.29, 0.717) is 13.0 Å². The van der Waals surface area contributed by atoms with Gasteiger partial charge in [0.2, 0.25) is 0 Å². The molecule has 3 unspecified atom stereocenters. The van der Waals surface area contributed by atoms with Crippen LogP contribution in [-0.2, 0) is 14.6 Å². The molecule has 0 saturated carbocycles. The molecule has 17 heavy (non-hydrogen) atoms. The van der Waals surface area contributed by atoms with Crippen molar-refractivity contribution < 1.29 is 13.2 Å². The minimum Gasteiger partial charge on any atom is -0.377 e. The van der Waals surface area contributed by atoms with E-state index < -0.39 is 9.84 Å². The van der Waals surface area contributed by atoms with Gasteiger partial charge in [-0.25, -0.2) is 8.42 Å². The molecule has 0 radical (unpaired) electrons. The lowest BCUT2D eigenvalue weighted by Crippen LogP contribution is -2.38. The Kier molecular flexibility index (Phi) is 5.89. The molecule has 1 N–H and O–H groups in total. The van der Waals surface area contributed by atoms with Crippen LogP contribution in [0.1, 0.15) is 40.0 Å². The highest BCUT2D eigenvalue weighted by Crippen LogP contribution is 2.13. The Labute approximate surface area is 105 Å². The first-order valence-corrected chi connectivity index (χ1v) is 8.14. The summed E-state index contributed by atoms with van der Waals surface area (Å²) in [4.78, 5) is 0. The predicted molar refractivity (Wildman–Crippen MR) is 70.0 cm³/mol. The van der Waals surface area contributed by atoms with Crippen LogP contribution >= 0.6 is 0 Å². The first-order chi connectivity index (χ1) is 7.98. The van der Waals surface area contributed by atoms with Crippen molar-refractivity contribution in [1.29, 1.82) is 0 Å². The number of hydrogen-bond donors (Lipinski definition) is 1. The van der Waals surface area contributed by atoms with Gasteiger partial charge in [0.15, 0.2) is 9.84 Å². The van der Waals surface area contributed by atoms with Crippen LogP contribution in [0.3, 0.4) is 0 Å². The molecule has 1 heterocycles. The van der Waals surface area contributed by atoms with Crippen molar-refractivity contribution in [2.75, 3.05) is 19.7 Å². The lowest BCUT2D eigenvalue weighted by molar-refractivity contribution is 0.110. The van der Waals surface area contributed by atoms with Gasteiger partial charge in [0.25, 0.3) is 0 Å². The molecule has 0 aliphatic carbocycles. The third-order valence-electron chi connectivity index (χ3n) is 3.52. The van der Waals surface area contributed by atoms with Crippen LogP contribution in [-0.4, -0.2) is 44.7 Å². The number of rotatable bonds is 7. The minimum atomic E-state index is -2.99. The summed E-state index contributed by atoms with van der Waals surface area (Å²) < 4.78 is 29.5. The lowest BCUT2D eigenvalue weighted by Gasteiger charge is -2.19. The van der Waals surface area contributed by atoms with Crippen molar-refractivity contribution in [1.82, 2.24) is 5.32 Å². The topological polar surface area (TPSA) is 55.4 Å². The molecule has 0 spiro atoms. The van der Waals surface area contributed by atoms with Gasteiger partial charge in [-0.15, -0.1) is 0 Å². The van der Waals surface area contributed by atoms with Gasteiger partial charge in [-0.3, -0.25) is 0 Å². The van der Waals surface area contributed by atoms with Gasteiger partial charge in [-0.1, -0.05) is 6.92 Å². The van der Waals surface area contributed by atoms with Gasteiger partial charge in [-0.2, -0.15) is 0 Å². The zero-order valence-corrected chi connectivity index (χ0v) is 11.9. The fourth-order valence-corrected chi connectivity index (χ4v) is 3.61.